The summed E-state index contributed by atoms with van der Waals surface area (Å²) in [5.74, 6) is 0.407. The van der Waals surface area contributed by atoms with E-state index in [4.69, 9.17) is 9.97 Å². The van der Waals surface area contributed by atoms with Crippen molar-refractivity contribution in [2.45, 2.75) is 27.2 Å². The smallest absolute Gasteiger partial charge is 0.0791 e. The molecule has 1 aliphatic rings. The molecule has 0 radical (unpaired) electrons. The zero-order valence-electron chi connectivity index (χ0n) is 21.7. The van der Waals surface area contributed by atoms with Gasteiger partial charge >= 0.3 is 0 Å². The second-order valence-electron chi connectivity index (χ2n) is 10.4. The maximum Gasteiger partial charge on any atom is 0.0791 e. The van der Waals surface area contributed by atoms with E-state index in [-0.39, 0.29) is 0 Å². The molecule has 0 aliphatic heterocycles. The Morgan fingerprint density at radius 2 is 1.37 bits per heavy atom. The fourth-order valence-electron chi connectivity index (χ4n) is 6.28. The van der Waals surface area contributed by atoms with Gasteiger partial charge < -0.3 is 0 Å². The minimum absolute atomic E-state index is 0.407. The monoisotopic (exact) mass is 554 g/mol. The third-order valence-corrected chi connectivity index (χ3v) is 8.59. The zero-order valence-corrected chi connectivity index (χ0v) is 23.3. The standard InChI is InChI=1S/C35H27BrN2/c1-20-11-7-8-14-25(20)35-33-22(3)30-26-15-9-10-16-28(26)37-34(23-12-5-4-6-13-23)32(30)21(2)31(33)27-18-17-24(36)19-29(27)38-35/h4-10,12-20H,11H2,1-3H3. The molecule has 4 aromatic carbocycles. The molecule has 1 aliphatic carbocycles. The number of allylic oxidation sites excluding steroid dienone is 4. The second-order valence-corrected chi connectivity index (χ2v) is 11.3. The summed E-state index contributed by atoms with van der Waals surface area (Å²) in [4.78, 5) is 10.6. The van der Waals surface area contributed by atoms with Crippen molar-refractivity contribution < 1.29 is 0 Å². The third-order valence-electron chi connectivity index (χ3n) is 8.09. The van der Waals surface area contributed by atoms with Crippen LogP contribution in [-0.4, -0.2) is 9.97 Å². The minimum Gasteiger partial charge on any atom is -0.247 e. The van der Waals surface area contributed by atoms with Crippen molar-refractivity contribution in [1.82, 2.24) is 9.97 Å². The SMILES string of the molecule is Cc1c2c(-c3ccccc3)nc3ccccc3c2c(C)c2c(C3=CC=CCC3C)nc3cc(Br)ccc3c12. The lowest BCUT2D eigenvalue weighted by Crippen LogP contribution is -2.06. The van der Waals surface area contributed by atoms with Gasteiger partial charge in [-0.1, -0.05) is 95.7 Å². The fourth-order valence-corrected chi connectivity index (χ4v) is 6.63. The van der Waals surface area contributed by atoms with Gasteiger partial charge in [-0.15, -0.1) is 0 Å². The Bertz CT molecular complexity index is 1980. The first-order valence-corrected chi connectivity index (χ1v) is 14.0. The van der Waals surface area contributed by atoms with E-state index in [2.05, 4.69) is 128 Å². The van der Waals surface area contributed by atoms with Crippen LogP contribution >= 0.6 is 15.9 Å². The number of fused-ring (bicyclic) bond motifs is 6. The zero-order chi connectivity index (χ0) is 26.0. The van der Waals surface area contributed by atoms with Crippen molar-refractivity contribution >= 4 is 64.9 Å². The lowest BCUT2D eigenvalue weighted by molar-refractivity contribution is 0.756. The molecule has 0 N–H and O–H groups in total. The molecule has 3 heteroatoms. The van der Waals surface area contributed by atoms with Crippen molar-refractivity contribution in [1.29, 1.82) is 0 Å². The average Bonchev–Trinajstić information content (AvgIpc) is 2.94. The van der Waals surface area contributed by atoms with Crippen LogP contribution in [0.1, 0.15) is 30.2 Å². The number of nitrogens with zero attached hydrogens (tertiary/aromatic N) is 2. The number of hydrogen-bond donors (Lipinski definition) is 0. The van der Waals surface area contributed by atoms with Crippen LogP contribution in [0.3, 0.4) is 0 Å². The molecule has 2 aromatic heterocycles. The molecule has 0 fully saturated rings. The van der Waals surface area contributed by atoms with Gasteiger partial charge in [-0.2, -0.15) is 0 Å². The first-order chi connectivity index (χ1) is 18.5. The van der Waals surface area contributed by atoms with Gasteiger partial charge in [-0.05, 0) is 71.9 Å². The van der Waals surface area contributed by atoms with Crippen LogP contribution < -0.4 is 0 Å². The van der Waals surface area contributed by atoms with E-state index in [1.54, 1.807) is 0 Å². The van der Waals surface area contributed by atoms with Crippen LogP contribution in [0.5, 0.6) is 0 Å². The van der Waals surface area contributed by atoms with Crippen molar-refractivity contribution in [3.05, 3.63) is 112 Å². The van der Waals surface area contributed by atoms with E-state index in [1.807, 2.05) is 0 Å². The first-order valence-electron chi connectivity index (χ1n) is 13.2. The van der Waals surface area contributed by atoms with Gasteiger partial charge in [-0.25, -0.2) is 9.97 Å². The van der Waals surface area contributed by atoms with Crippen LogP contribution in [-0.2, 0) is 0 Å². The van der Waals surface area contributed by atoms with E-state index in [0.29, 0.717) is 5.92 Å². The number of halogens is 1. The summed E-state index contributed by atoms with van der Waals surface area (Å²) in [6.45, 7) is 6.87. The Labute approximate surface area is 230 Å². The molecule has 0 saturated carbocycles. The van der Waals surface area contributed by atoms with E-state index < -0.39 is 0 Å². The number of benzene rings is 4. The Hall–Kier alpha value is -3.82. The van der Waals surface area contributed by atoms with Gasteiger partial charge in [-0.3, -0.25) is 0 Å². The highest BCUT2D eigenvalue weighted by molar-refractivity contribution is 9.10. The molecule has 38 heavy (non-hydrogen) atoms. The molecule has 7 rings (SSSR count). The van der Waals surface area contributed by atoms with Crippen LogP contribution in [0.2, 0.25) is 0 Å². The highest BCUT2D eigenvalue weighted by Crippen LogP contribution is 2.45. The number of aryl methyl sites for hydroxylation is 2. The molecule has 184 valence electrons. The van der Waals surface area contributed by atoms with E-state index in [1.165, 1.54) is 49.0 Å². The number of hydrogen-bond acceptors (Lipinski definition) is 2. The third kappa shape index (κ3) is 3.45. The van der Waals surface area contributed by atoms with Crippen molar-refractivity contribution in [2.24, 2.45) is 5.92 Å². The van der Waals surface area contributed by atoms with Crippen molar-refractivity contribution in [3.63, 3.8) is 0 Å². The highest BCUT2D eigenvalue weighted by Gasteiger charge is 2.24. The molecule has 1 unspecified atom stereocenters. The average molecular weight is 556 g/mol. The predicted molar refractivity (Wildman–Crippen MR) is 166 cm³/mol. The number of pyridine rings is 2. The summed E-state index contributed by atoms with van der Waals surface area (Å²) in [7, 11) is 0. The van der Waals surface area contributed by atoms with E-state index in [0.717, 1.165) is 38.9 Å². The first kappa shape index (κ1) is 23.3. The minimum atomic E-state index is 0.407. The number of aromatic nitrogens is 2. The second kappa shape index (κ2) is 8.89. The molecule has 2 nitrogen and oxygen atoms in total. The largest absolute Gasteiger partial charge is 0.247 e. The van der Waals surface area contributed by atoms with Gasteiger partial charge in [0.25, 0.3) is 0 Å². The van der Waals surface area contributed by atoms with E-state index in [9.17, 15) is 0 Å². The van der Waals surface area contributed by atoms with E-state index >= 15 is 0 Å². The van der Waals surface area contributed by atoms with Gasteiger partial charge in [0.15, 0.2) is 0 Å². The maximum absolute atomic E-state index is 5.36. The number of para-hydroxylation sites is 1. The molecular formula is C35H27BrN2. The molecule has 0 bridgehead atoms. The van der Waals surface area contributed by atoms with Crippen LogP contribution in [0.15, 0.2) is 95.5 Å². The summed E-state index contributed by atoms with van der Waals surface area (Å²) in [5.41, 5.74) is 9.16. The summed E-state index contributed by atoms with van der Waals surface area (Å²) < 4.78 is 1.04. The van der Waals surface area contributed by atoms with Gasteiger partial charge in [0, 0.05) is 31.6 Å². The topological polar surface area (TPSA) is 25.8 Å². The predicted octanol–water partition coefficient (Wildman–Crippen LogP) is 10.1. The number of rotatable bonds is 2. The molecule has 0 amide bonds. The molecule has 2 heterocycles. The van der Waals surface area contributed by atoms with Crippen LogP contribution in [0.4, 0.5) is 0 Å². The van der Waals surface area contributed by atoms with Gasteiger partial charge in [0.05, 0.1) is 22.4 Å². The molecular weight excluding hydrogens is 528 g/mol. The van der Waals surface area contributed by atoms with Crippen LogP contribution in [0.25, 0.3) is 60.2 Å². The quantitative estimate of drug-likeness (QED) is 0.157. The summed E-state index contributed by atoms with van der Waals surface area (Å²) in [6, 6.07) is 25.7. The fraction of sp³-hybridized carbons (Fsp3) is 0.143. The summed E-state index contributed by atoms with van der Waals surface area (Å²) in [5, 5.41) is 7.41. The Morgan fingerprint density at radius 1 is 0.711 bits per heavy atom. The summed E-state index contributed by atoms with van der Waals surface area (Å²) in [6.07, 6.45) is 7.73. The highest BCUT2D eigenvalue weighted by atomic mass is 79.9. The van der Waals surface area contributed by atoms with Crippen LogP contribution in [0, 0.1) is 19.8 Å². The Kier molecular flexibility index (Phi) is 5.45. The molecule has 0 spiro atoms. The van der Waals surface area contributed by atoms with Crippen molar-refractivity contribution in [3.8, 4) is 11.3 Å². The lowest BCUT2D eigenvalue weighted by atomic mass is 9.83. The maximum atomic E-state index is 5.36. The lowest BCUT2D eigenvalue weighted by Gasteiger charge is -2.24. The normalized spacial score (nSPS) is 15.6. The van der Waals surface area contributed by atoms with Gasteiger partial charge in [0.1, 0.15) is 0 Å². The molecule has 0 saturated heterocycles. The molecule has 1 atom stereocenters. The Balaban J connectivity index is 1.78. The van der Waals surface area contributed by atoms with Crippen molar-refractivity contribution in [2.75, 3.05) is 0 Å². The Morgan fingerprint density at radius 3 is 2.13 bits per heavy atom. The summed E-state index contributed by atoms with van der Waals surface area (Å²) >= 11 is 3.70. The van der Waals surface area contributed by atoms with Gasteiger partial charge in [0.2, 0.25) is 0 Å². The molecule has 6 aromatic rings.